The van der Waals surface area contributed by atoms with Crippen molar-refractivity contribution >= 4 is 51.5 Å². The van der Waals surface area contributed by atoms with E-state index in [0.717, 1.165) is 14.8 Å². The van der Waals surface area contributed by atoms with E-state index in [9.17, 15) is 4.79 Å². The lowest BCUT2D eigenvalue weighted by molar-refractivity contribution is 0.0977. The van der Waals surface area contributed by atoms with Crippen LogP contribution in [0.3, 0.4) is 0 Å². The van der Waals surface area contributed by atoms with Crippen molar-refractivity contribution in [1.82, 2.24) is 5.32 Å². The number of benzene rings is 2. The maximum atomic E-state index is 12.3. The molecule has 0 atom stereocenters. The smallest absolute Gasteiger partial charge is 0.257 e. The van der Waals surface area contributed by atoms with E-state index >= 15 is 0 Å². The molecule has 0 aliphatic carbocycles. The number of anilines is 1. The molecule has 0 aromatic heterocycles. The summed E-state index contributed by atoms with van der Waals surface area (Å²) < 4.78 is 11.5. The van der Waals surface area contributed by atoms with Crippen LogP contribution in [0, 0.1) is 10.5 Å². The van der Waals surface area contributed by atoms with E-state index in [1.807, 2.05) is 25.1 Å². The second kappa shape index (κ2) is 8.29. The molecule has 0 unspecified atom stereocenters. The number of ether oxygens (including phenoxy) is 2. The molecular weight excluding hydrogens is 439 g/mol. The number of carbonyl (C=O) groups is 1. The fraction of sp³-hybridized carbons (Fsp3) is 0.176. The Balaban J connectivity index is 2.07. The first kappa shape index (κ1) is 18.5. The van der Waals surface area contributed by atoms with Gasteiger partial charge in [0.2, 0.25) is 0 Å². The van der Waals surface area contributed by atoms with E-state index in [1.165, 1.54) is 7.11 Å². The van der Waals surface area contributed by atoms with Crippen molar-refractivity contribution in [2.24, 2.45) is 0 Å². The Hall–Kier alpha value is -1.87. The number of nitrogens with one attached hydrogen (secondary N) is 2. The summed E-state index contributed by atoms with van der Waals surface area (Å²) in [5.74, 6) is 0.721. The average Bonchev–Trinajstić information content (AvgIpc) is 2.56. The molecule has 7 heteroatoms. The van der Waals surface area contributed by atoms with Crippen molar-refractivity contribution in [3.63, 3.8) is 0 Å². The van der Waals surface area contributed by atoms with Crippen molar-refractivity contribution in [3.8, 4) is 11.5 Å². The normalized spacial score (nSPS) is 10.0. The van der Waals surface area contributed by atoms with Gasteiger partial charge in [0.1, 0.15) is 0 Å². The van der Waals surface area contributed by atoms with Crippen LogP contribution >= 0.6 is 34.8 Å². The van der Waals surface area contributed by atoms with Gasteiger partial charge in [-0.1, -0.05) is 0 Å². The Morgan fingerprint density at radius 3 is 2.42 bits per heavy atom. The zero-order valence-corrected chi connectivity index (χ0v) is 16.4. The molecule has 0 spiro atoms. The van der Waals surface area contributed by atoms with Crippen LogP contribution in [0.25, 0.3) is 0 Å². The Labute approximate surface area is 159 Å². The van der Waals surface area contributed by atoms with Crippen molar-refractivity contribution in [2.75, 3.05) is 19.5 Å². The molecule has 0 heterocycles. The third-order valence-electron chi connectivity index (χ3n) is 3.31. The lowest BCUT2D eigenvalue weighted by atomic mass is 10.2. The van der Waals surface area contributed by atoms with Crippen molar-refractivity contribution < 1.29 is 14.3 Å². The summed E-state index contributed by atoms with van der Waals surface area (Å²) in [6, 6.07) is 10.8. The van der Waals surface area contributed by atoms with Gasteiger partial charge < -0.3 is 14.8 Å². The summed E-state index contributed by atoms with van der Waals surface area (Å²) >= 11 is 7.46. The maximum Gasteiger partial charge on any atom is 0.257 e. The highest BCUT2D eigenvalue weighted by Crippen LogP contribution is 2.27. The Morgan fingerprint density at radius 1 is 1.08 bits per heavy atom. The van der Waals surface area contributed by atoms with E-state index in [0.29, 0.717) is 17.1 Å². The average molecular weight is 456 g/mol. The number of thiocarbonyl (C=S) groups is 1. The first-order valence-electron chi connectivity index (χ1n) is 7.05. The number of rotatable bonds is 4. The van der Waals surface area contributed by atoms with Gasteiger partial charge in [-0.3, -0.25) is 10.1 Å². The quantitative estimate of drug-likeness (QED) is 0.543. The second-order valence-electron chi connectivity index (χ2n) is 4.94. The van der Waals surface area contributed by atoms with Gasteiger partial charge in [-0.25, -0.2) is 0 Å². The van der Waals surface area contributed by atoms with E-state index < -0.39 is 0 Å². The molecule has 5 nitrogen and oxygen atoms in total. The molecule has 0 fully saturated rings. The molecule has 2 aromatic rings. The van der Waals surface area contributed by atoms with Gasteiger partial charge in [0.15, 0.2) is 16.6 Å². The van der Waals surface area contributed by atoms with Crippen molar-refractivity contribution in [1.29, 1.82) is 0 Å². The van der Waals surface area contributed by atoms with Gasteiger partial charge in [-0.2, -0.15) is 0 Å². The first-order valence-corrected chi connectivity index (χ1v) is 8.54. The van der Waals surface area contributed by atoms with Crippen LogP contribution in [-0.4, -0.2) is 25.2 Å². The molecular formula is C17H17IN2O3S. The second-order valence-corrected chi connectivity index (χ2v) is 6.59. The monoisotopic (exact) mass is 456 g/mol. The van der Waals surface area contributed by atoms with Crippen LogP contribution in [0.5, 0.6) is 11.5 Å². The van der Waals surface area contributed by atoms with Crippen LogP contribution in [-0.2, 0) is 0 Å². The third kappa shape index (κ3) is 4.57. The van der Waals surface area contributed by atoms with Crippen LogP contribution in [0.15, 0.2) is 36.4 Å². The molecule has 0 aliphatic rings. The van der Waals surface area contributed by atoms with Crippen LogP contribution in [0.4, 0.5) is 5.69 Å². The summed E-state index contributed by atoms with van der Waals surface area (Å²) in [5, 5.41) is 5.92. The van der Waals surface area contributed by atoms with Crippen LogP contribution < -0.4 is 20.1 Å². The van der Waals surface area contributed by atoms with E-state index in [-0.39, 0.29) is 11.0 Å². The van der Waals surface area contributed by atoms with E-state index in [1.54, 1.807) is 25.3 Å². The van der Waals surface area contributed by atoms with E-state index in [2.05, 4.69) is 33.2 Å². The zero-order chi connectivity index (χ0) is 17.7. The van der Waals surface area contributed by atoms with Crippen LogP contribution in [0.1, 0.15) is 15.9 Å². The SMILES string of the molecule is COc1ccc(C(=O)NC(=S)Nc2ccc(I)cc2C)cc1OC. The molecule has 0 saturated carbocycles. The molecule has 0 bridgehead atoms. The minimum Gasteiger partial charge on any atom is -0.493 e. The minimum absolute atomic E-state index is 0.235. The van der Waals surface area contributed by atoms with Gasteiger partial charge >= 0.3 is 0 Å². The minimum atomic E-state index is -0.323. The predicted octanol–water partition coefficient (Wildman–Crippen LogP) is 3.74. The maximum absolute atomic E-state index is 12.3. The number of halogens is 1. The molecule has 2 aromatic carbocycles. The summed E-state index contributed by atoms with van der Waals surface area (Å²) in [4.78, 5) is 12.3. The molecule has 2 N–H and O–H groups in total. The van der Waals surface area contributed by atoms with Crippen LogP contribution in [0.2, 0.25) is 0 Å². The van der Waals surface area contributed by atoms with Gasteiger partial charge in [0.05, 0.1) is 14.2 Å². The predicted molar refractivity (Wildman–Crippen MR) is 107 cm³/mol. The zero-order valence-electron chi connectivity index (χ0n) is 13.5. The molecule has 1 amide bonds. The third-order valence-corrected chi connectivity index (χ3v) is 4.18. The molecule has 24 heavy (non-hydrogen) atoms. The lowest BCUT2D eigenvalue weighted by Crippen LogP contribution is -2.34. The highest BCUT2D eigenvalue weighted by atomic mass is 127. The van der Waals surface area contributed by atoms with Gasteiger partial charge in [0, 0.05) is 14.8 Å². The number of methoxy groups -OCH3 is 2. The molecule has 2 rings (SSSR count). The fourth-order valence-corrected chi connectivity index (χ4v) is 2.92. The summed E-state index contributed by atoms with van der Waals surface area (Å²) in [6.07, 6.45) is 0. The van der Waals surface area contributed by atoms with Crippen molar-refractivity contribution in [3.05, 3.63) is 51.1 Å². The number of hydrogen-bond donors (Lipinski definition) is 2. The standard InChI is InChI=1S/C17H17IN2O3S/c1-10-8-12(18)5-6-13(10)19-17(24)20-16(21)11-4-7-14(22-2)15(9-11)23-3/h4-9H,1-3H3,(H2,19,20,21,24). The Bertz CT molecular complexity index is 780. The number of hydrogen-bond acceptors (Lipinski definition) is 4. The molecule has 126 valence electrons. The molecule has 0 aliphatic heterocycles. The summed E-state index contributed by atoms with van der Waals surface area (Å²) in [7, 11) is 3.06. The fourth-order valence-electron chi connectivity index (χ4n) is 2.07. The Kier molecular flexibility index (Phi) is 6.38. The number of carbonyl (C=O) groups excluding carboxylic acids is 1. The summed E-state index contributed by atoms with van der Waals surface area (Å²) in [6.45, 7) is 1.98. The first-order chi connectivity index (χ1) is 11.4. The van der Waals surface area contributed by atoms with Crippen molar-refractivity contribution in [2.45, 2.75) is 6.92 Å². The van der Waals surface area contributed by atoms with Gasteiger partial charge in [-0.15, -0.1) is 0 Å². The largest absolute Gasteiger partial charge is 0.493 e. The highest BCUT2D eigenvalue weighted by Gasteiger charge is 2.12. The summed E-state index contributed by atoms with van der Waals surface area (Å²) in [5.41, 5.74) is 2.33. The van der Waals surface area contributed by atoms with E-state index in [4.69, 9.17) is 21.7 Å². The number of amides is 1. The molecule has 0 saturated heterocycles. The Morgan fingerprint density at radius 2 is 1.79 bits per heavy atom. The lowest BCUT2D eigenvalue weighted by Gasteiger charge is -2.13. The molecule has 0 radical (unpaired) electrons. The topological polar surface area (TPSA) is 59.6 Å². The highest BCUT2D eigenvalue weighted by molar-refractivity contribution is 14.1. The number of aryl methyl sites for hydroxylation is 1. The van der Waals surface area contributed by atoms with Gasteiger partial charge in [0.25, 0.3) is 5.91 Å². The van der Waals surface area contributed by atoms with Gasteiger partial charge in [-0.05, 0) is 83.7 Å².